The molecule has 4 heteroatoms. The Morgan fingerprint density at radius 1 is 1.44 bits per heavy atom. The van der Waals surface area contributed by atoms with E-state index in [1.807, 2.05) is 24.3 Å². The summed E-state index contributed by atoms with van der Waals surface area (Å²) in [6, 6.07) is 7.39. The molecule has 0 aromatic heterocycles. The second kappa shape index (κ2) is 4.92. The topological polar surface area (TPSA) is 57.6 Å². The summed E-state index contributed by atoms with van der Waals surface area (Å²) >= 11 is 0. The fourth-order valence-electron chi connectivity index (χ4n) is 2.25. The molecular weight excluding hydrogens is 230 g/mol. The lowest BCUT2D eigenvalue weighted by Gasteiger charge is -2.13. The van der Waals surface area contributed by atoms with Gasteiger partial charge in [-0.2, -0.15) is 0 Å². The fourth-order valence-corrected chi connectivity index (χ4v) is 2.25. The van der Waals surface area contributed by atoms with E-state index in [9.17, 15) is 9.59 Å². The van der Waals surface area contributed by atoms with Crippen LogP contribution in [0.2, 0.25) is 0 Å². The molecule has 1 aliphatic rings. The van der Waals surface area contributed by atoms with Gasteiger partial charge in [0.05, 0.1) is 6.42 Å². The predicted octanol–water partition coefficient (Wildman–Crippen LogP) is 1.61. The van der Waals surface area contributed by atoms with Crippen LogP contribution in [0.4, 0.5) is 5.69 Å². The van der Waals surface area contributed by atoms with Crippen LogP contribution in [-0.2, 0) is 9.59 Å². The van der Waals surface area contributed by atoms with E-state index in [4.69, 9.17) is 5.11 Å². The average Bonchev–Trinajstić information content (AvgIpc) is 2.68. The van der Waals surface area contributed by atoms with Crippen LogP contribution < -0.4 is 4.90 Å². The summed E-state index contributed by atoms with van der Waals surface area (Å²) in [5.74, 6) is 3.78. The molecule has 2 rings (SSSR count). The number of hydrogen-bond acceptors (Lipinski definition) is 2. The van der Waals surface area contributed by atoms with Crippen molar-refractivity contribution in [3.05, 3.63) is 29.8 Å². The number of anilines is 1. The van der Waals surface area contributed by atoms with E-state index in [2.05, 4.69) is 11.8 Å². The molecule has 1 N–H and O–H groups in total. The first kappa shape index (κ1) is 12.2. The maximum Gasteiger partial charge on any atom is 0.304 e. The quantitative estimate of drug-likeness (QED) is 0.803. The molecule has 0 bridgehead atoms. The van der Waals surface area contributed by atoms with E-state index in [-0.39, 0.29) is 18.2 Å². The Hall–Kier alpha value is -2.28. The van der Waals surface area contributed by atoms with Gasteiger partial charge in [-0.15, -0.1) is 0 Å². The van der Waals surface area contributed by atoms with Crippen molar-refractivity contribution in [1.29, 1.82) is 0 Å². The first-order chi connectivity index (χ1) is 8.63. The Morgan fingerprint density at radius 2 is 2.17 bits per heavy atom. The fraction of sp³-hybridized carbons (Fsp3) is 0.286. The van der Waals surface area contributed by atoms with Crippen LogP contribution in [-0.4, -0.2) is 23.5 Å². The number of nitrogens with zero attached hydrogens (tertiary/aromatic N) is 1. The van der Waals surface area contributed by atoms with Gasteiger partial charge in [0.2, 0.25) is 0 Å². The van der Waals surface area contributed by atoms with Crippen molar-refractivity contribution in [2.75, 3.05) is 11.4 Å². The Morgan fingerprint density at radius 3 is 2.83 bits per heavy atom. The minimum Gasteiger partial charge on any atom is -0.481 e. The molecule has 1 aliphatic heterocycles. The third-order valence-electron chi connectivity index (χ3n) is 2.97. The van der Waals surface area contributed by atoms with Gasteiger partial charge >= 0.3 is 11.9 Å². The number of benzene rings is 1. The molecule has 1 amide bonds. The van der Waals surface area contributed by atoms with Crippen molar-refractivity contribution in [2.24, 2.45) is 0 Å². The van der Waals surface area contributed by atoms with E-state index in [1.54, 1.807) is 11.8 Å². The molecular formula is C14H13NO3. The van der Waals surface area contributed by atoms with Crippen molar-refractivity contribution in [2.45, 2.75) is 19.3 Å². The highest BCUT2D eigenvalue weighted by Crippen LogP contribution is 2.37. The maximum absolute atomic E-state index is 11.8. The lowest BCUT2D eigenvalue weighted by molar-refractivity contribution is -0.137. The highest BCUT2D eigenvalue weighted by atomic mass is 16.4. The molecule has 92 valence electrons. The number of carbonyl (C=O) groups excluding carboxylic acids is 1. The first-order valence-electron chi connectivity index (χ1n) is 5.68. The number of amides is 1. The molecule has 0 radical (unpaired) electrons. The van der Waals surface area contributed by atoms with Crippen LogP contribution in [0.15, 0.2) is 24.3 Å². The summed E-state index contributed by atoms with van der Waals surface area (Å²) in [4.78, 5) is 24.2. The second-order valence-corrected chi connectivity index (χ2v) is 4.14. The summed E-state index contributed by atoms with van der Waals surface area (Å²) in [6.07, 6.45) is 0.0281. The van der Waals surface area contributed by atoms with Crippen LogP contribution >= 0.6 is 0 Å². The second-order valence-electron chi connectivity index (χ2n) is 4.14. The molecule has 1 aromatic rings. The Balaban J connectivity index is 2.34. The summed E-state index contributed by atoms with van der Waals surface area (Å²) < 4.78 is 0. The summed E-state index contributed by atoms with van der Waals surface area (Å²) in [5.41, 5.74) is 1.68. The molecule has 0 saturated carbocycles. The molecule has 1 aromatic carbocycles. The van der Waals surface area contributed by atoms with E-state index >= 15 is 0 Å². The van der Waals surface area contributed by atoms with E-state index in [0.29, 0.717) is 6.54 Å². The average molecular weight is 243 g/mol. The molecule has 0 spiro atoms. The number of carbonyl (C=O) groups is 2. The van der Waals surface area contributed by atoms with Crippen LogP contribution in [0.1, 0.15) is 24.8 Å². The normalized spacial score (nSPS) is 16.7. The van der Waals surface area contributed by atoms with Gasteiger partial charge in [-0.05, 0) is 24.5 Å². The Kier molecular flexibility index (Phi) is 3.33. The molecule has 0 fully saturated rings. The van der Waals surface area contributed by atoms with Gasteiger partial charge in [0, 0.05) is 18.2 Å². The van der Waals surface area contributed by atoms with Crippen molar-refractivity contribution in [1.82, 2.24) is 0 Å². The van der Waals surface area contributed by atoms with Crippen molar-refractivity contribution in [3.63, 3.8) is 0 Å². The van der Waals surface area contributed by atoms with Crippen LogP contribution in [0.5, 0.6) is 0 Å². The lowest BCUT2D eigenvalue weighted by Crippen LogP contribution is -2.28. The van der Waals surface area contributed by atoms with Crippen molar-refractivity contribution < 1.29 is 14.7 Å². The number of para-hydroxylation sites is 1. The Labute approximate surface area is 105 Å². The molecule has 1 unspecified atom stereocenters. The van der Waals surface area contributed by atoms with Crippen molar-refractivity contribution >= 4 is 17.6 Å². The lowest BCUT2D eigenvalue weighted by atomic mass is 9.98. The Bertz CT molecular complexity index is 554. The highest BCUT2D eigenvalue weighted by Gasteiger charge is 2.32. The number of carboxylic acids is 1. The SMILES string of the molecule is CC#CC(=O)N1CC(CC(=O)O)c2ccccc21. The summed E-state index contributed by atoms with van der Waals surface area (Å²) in [6.45, 7) is 1.99. The zero-order valence-electron chi connectivity index (χ0n) is 10.0. The minimum absolute atomic E-state index is 0.0281. The first-order valence-corrected chi connectivity index (χ1v) is 5.68. The molecule has 0 saturated heterocycles. The molecule has 18 heavy (non-hydrogen) atoms. The number of rotatable bonds is 2. The molecule has 4 nitrogen and oxygen atoms in total. The number of aliphatic carboxylic acids is 1. The van der Waals surface area contributed by atoms with Crippen molar-refractivity contribution in [3.8, 4) is 11.8 Å². The van der Waals surface area contributed by atoms with Gasteiger partial charge in [-0.1, -0.05) is 24.1 Å². The number of fused-ring (bicyclic) bond motifs is 1. The number of carboxylic acid groups (broad SMARTS) is 1. The van der Waals surface area contributed by atoms with Gasteiger partial charge in [-0.3, -0.25) is 9.59 Å². The van der Waals surface area contributed by atoms with E-state index < -0.39 is 5.97 Å². The van der Waals surface area contributed by atoms with Gasteiger partial charge in [0.15, 0.2) is 0 Å². The smallest absolute Gasteiger partial charge is 0.304 e. The molecule has 1 heterocycles. The van der Waals surface area contributed by atoms with E-state index in [0.717, 1.165) is 11.3 Å². The third-order valence-corrected chi connectivity index (χ3v) is 2.97. The number of hydrogen-bond donors (Lipinski definition) is 1. The molecule has 1 atom stereocenters. The standard InChI is InChI=1S/C14H13NO3/c1-2-5-13(16)15-9-10(8-14(17)18)11-6-3-4-7-12(11)15/h3-4,6-7,10H,8-9H2,1H3,(H,17,18). The molecule has 0 aliphatic carbocycles. The minimum atomic E-state index is -0.856. The monoisotopic (exact) mass is 243 g/mol. The van der Waals surface area contributed by atoms with Crippen LogP contribution in [0, 0.1) is 11.8 Å². The van der Waals surface area contributed by atoms with E-state index in [1.165, 1.54) is 0 Å². The largest absolute Gasteiger partial charge is 0.481 e. The predicted molar refractivity (Wildman–Crippen MR) is 67.2 cm³/mol. The zero-order valence-corrected chi connectivity index (χ0v) is 10.0. The van der Waals surface area contributed by atoms with Gasteiger partial charge in [-0.25, -0.2) is 0 Å². The summed E-state index contributed by atoms with van der Waals surface area (Å²) in [7, 11) is 0. The zero-order chi connectivity index (χ0) is 13.1. The van der Waals surface area contributed by atoms with Gasteiger partial charge in [0.25, 0.3) is 0 Å². The van der Waals surface area contributed by atoms with Gasteiger partial charge in [0.1, 0.15) is 0 Å². The van der Waals surface area contributed by atoms with Crippen LogP contribution in [0.3, 0.4) is 0 Å². The highest BCUT2D eigenvalue weighted by molar-refractivity contribution is 6.07. The van der Waals surface area contributed by atoms with Gasteiger partial charge < -0.3 is 10.0 Å². The summed E-state index contributed by atoms with van der Waals surface area (Å²) in [5, 5.41) is 8.90. The maximum atomic E-state index is 11.8. The van der Waals surface area contributed by atoms with Crippen LogP contribution in [0.25, 0.3) is 0 Å². The third kappa shape index (κ3) is 2.21.